The molecular weight excluding hydrogens is 429 g/mol. The zero-order valence-corrected chi connectivity index (χ0v) is 15.8. The largest absolute Gasteiger partial charge is 0.378 e. The number of nitrogens with zero attached hydrogens (tertiary/aromatic N) is 2. The molecule has 92 valence electrons. The fraction of sp³-hybridized carbons (Fsp3) is 0. The zero-order chi connectivity index (χ0) is 12.8. The van der Waals surface area contributed by atoms with Gasteiger partial charge in [-0.05, 0) is 24.3 Å². The molecule has 0 saturated heterocycles. The van der Waals surface area contributed by atoms with Crippen LogP contribution in [-0.4, -0.2) is 6.03 Å². The number of anilines is 2. The van der Waals surface area contributed by atoms with Gasteiger partial charge in [-0.25, -0.2) is 10.2 Å². The zero-order valence-electron chi connectivity index (χ0n) is 10.3. The van der Waals surface area contributed by atoms with Crippen LogP contribution in [0.2, 0.25) is 0 Å². The molecule has 0 saturated carbocycles. The summed E-state index contributed by atoms with van der Waals surface area (Å²) in [6, 6.07) is 18.0. The van der Waals surface area contributed by atoms with E-state index in [4.69, 9.17) is 5.53 Å². The van der Waals surface area contributed by atoms with Crippen LogP contribution < -0.4 is 10.4 Å². The van der Waals surface area contributed by atoms with Crippen molar-refractivity contribution in [2.45, 2.75) is 0 Å². The Bertz CT molecular complexity index is 493. The van der Waals surface area contributed by atoms with Gasteiger partial charge in [0.25, 0.3) is 0 Å². The summed E-state index contributed by atoms with van der Waals surface area (Å²) in [5.41, 5.74) is 10.8. The maximum atomic E-state index is 11.3. The first-order valence-corrected chi connectivity index (χ1v) is 5.39. The van der Waals surface area contributed by atoms with Gasteiger partial charge in [-0.3, -0.25) is 5.01 Å². The van der Waals surface area contributed by atoms with Crippen molar-refractivity contribution in [2.24, 2.45) is 5.11 Å². The number of nitrogens with one attached hydrogen (secondary N) is 2. The van der Waals surface area contributed by atoms with E-state index in [1.165, 1.54) is 0 Å². The predicted molar refractivity (Wildman–Crippen MR) is 68.7 cm³/mol. The average Bonchev–Trinajstić information content (AvgIpc) is 2.46. The SMILES string of the molecule is N=NC(=O)NN(c1ccccc1)c1ccccc1.[Hg]. The Morgan fingerprint density at radius 2 is 1.37 bits per heavy atom. The summed E-state index contributed by atoms with van der Waals surface area (Å²) >= 11 is 0. The Labute approximate surface area is 131 Å². The number of rotatable bonds is 3. The first kappa shape index (κ1) is 15.3. The summed E-state index contributed by atoms with van der Waals surface area (Å²) in [4.78, 5) is 11.3. The molecule has 0 bridgehead atoms. The van der Waals surface area contributed by atoms with Crippen molar-refractivity contribution in [1.82, 2.24) is 5.43 Å². The number of para-hydroxylation sites is 2. The smallest absolute Gasteiger partial charge is 0.252 e. The summed E-state index contributed by atoms with van der Waals surface area (Å²) in [7, 11) is 0. The number of amides is 2. The van der Waals surface area contributed by atoms with E-state index in [2.05, 4.69) is 10.5 Å². The van der Waals surface area contributed by atoms with Crippen LogP contribution in [0.4, 0.5) is 16.2 Å². The van der Waals surface area contributed by atoms with E-state index in [-0.39, 0.29) is 27.7 Å². The molecule has 0 heterocycles. The Balaban J connectivity index is 0.00000180. The molecule has 6 heteroatoms. The minimum Gasteiger partial charge on any atom is -0.252 e. The van der Waals surface area contributed by atoms with Crippen LogP contribution in [0.15, 0.2) is 65.8 Å². The number of carbonyl (C=O) groups excluding carboxylic acids is 1. The normalized spacial score (nSPS) is 9.05. The molecule has 2 amide bonds. The van der Waals surface area contributed by atoms with Crippen LogP contribution in [0, 0.1) is 5.53 Å². The summed E-state index contributed by atoms with van der Waals surface area (Å²) in [5.74, 6) is 0. The summed E-state index contributed by atoms with van der Waals surface area (Å²) < 4.78 is 0. The van der Waals surface area contributed by atoms with Gasteiger partial charge >= 0.3 is 6.03 Å². The van der Waals surface area contributed by atoms with Crippen molar-refractivity contribution in [1.29, 1.82) is 5.53 Å². The second-order valence-electron chi connectivity index (χ2n) is 3.54. The van der Waals surface area contributed by atoms with E-state index in [0.717, 1.165) is 11.4 Å². The maximum Gasteiger partial charge on any atom is 0.378 e. The molecule has 5 nitrogen and oxygen atoms in total. The van der Waals surface area contributed by atoms with Gasteiger partial charge in [0.2, 0.25) is 0 Å². The van der Waals surface area contributed by atoms with Crippen LogP contribution in [0.25, 0.3) is 0 Å². The van der Waals surface area contributed by atoms with Gasteiger partial charge in [0.15, 0.2) is 0 Å². The predicted octanol–water partition coefficient (Wildman–Crippen LogP) is 3.48. The number of urea groups is 1. The van der Waals surface area contributed by atoms with Gasteiger partial charge in [0.1, 0.15) is 0 Å². The van der Waals surface area contributed by atoms with Gasteiger partial charge < -0.3 is 0 Å². The van der Waals surface area contributed by atoms with Crippen LogP contribution in [0.3, 0.4) is 0 Å². The number of hydrogen-bond acceptors (Lipinski definition) is 3. The first-order valence-electron chi connectivity index (χ1n) is 5.39. The third-order valence-electron chi connectivity index (χ3n) is 2.34. The maximum absolute atomic E-state index is 11.3. The first-order chi connectivity index (χ1) is 8.81. The molecule has 0 radical (unpaired) electrons. The molecule has 19 heavy (non-hydrogen) atoms. The monoisotopic (exact) mass is 442 g/mol. The molecule has 0 aliphatic rings. The molecule has 0 spiro atoms. The molecule has 0 aliphatic heterocycles. The van der Waals surface area contributed by atoms with Crippen molar-refractivity contribution >= 4 is 17.4 Å². The van der Waals surface area contributed by atoms with E-state index < -0.39 is 6.03 Å². The number of benzene rings is 2. The third kappa shape index (κ3) is 4.13. The van der Waals surface area contributed by atoms with Crippen LogP contribution in [-0.2, 0) is 27.7 Å². The Kier molecular flexibility index (Phi) is 6.15. The quantitative estimate of drug-likeness (QED) is 0.436. The van der Waals surface area contributed by atoms with Crippen LogP contribution in [0.1, 0.15) is 0 Å². The average molecular weight is 441 g/mol. The fourth-order valence-electron chi connectivity index (χ4n) is 1.55. The Hall–Kier alpha value is -1.75. The minimum absolute atomic E-state index is 0. The van der Waals surface area contributed by atoms with Crippen molar-refractivity contribution in [3.05, 3.63) is 60.7 Å². The van der Waals surface area contributed by atoms with Crippen LogP contribution in [0.5, 0.6) is 0 Å². The summed E-state index contributed by atoms with van der Waals surface area (Å²) in [5, 5.41) is 4.42. The molecule has 0 aliphatic carbocycles. The van der Waals surface area contributed by atoms with Gasteiger partial charge in [0.05, 0.1) is 11.4 Å². The standard InChI is InChI=1S/C13H12N4O.Hg/c14-15-13(18)16-17(11-7-3-1-4-8-11)12-9-5-2-6-10-12;/h1-10,14H,(H,16,18);. The minimum atomic E-state index is -0.720. The van der Waals surface area contributed by atoms with Gasteiger partial charge in [-0.15, -0.1) is 0 Å². The molecule has 2 N–H and O–H groups in total. The molecule has 0 fully saturated rings. The van der Waals surface area contributed by atoms with Crippen molar-refractivity contribution in [3.8, 4) is 0 Å². The van der Waals surface area contributed by atoms with Crippen LogP contribution >= 0.6 is 0 Å². The van der Waals surface area contributed by atoms with Gasteiger partial charge in [-0.2, -0.15) is 5.53 Å². The second kappa shape index (κ2) is 7.63. The number of hydrogen-bond donors (Lipinski definition) is 2. The van der Waals surface area contributed by atoms with Gasteiger partial charge in [-0.1, -0.05) is 41.5 Å². The van der Waals surface area contributed by atoms with E-state index in [1.807, 2.05) is 60.7 Å². The van der Waals surface area contributed by atoms with E-state index in [1.54, 1.807) is 5.01 Å². The van der Waals surface area contributed by atoms with Crippen molar-refractivity contribution in [3.63, 3.8) is 0 Å². The fourth-order valence-corrected chi connectivity index (χ4v) is 1.55. The molecule has 0 atom stereocenters. The van der Waals surface area contributed by atoms with Crippen molar-refractivity contribution < 1.29 is 32.5 Å². The molecule has 2 rings (SSSR count). The summed E-state index contributed by atoms with van der Waals surface area (Å²) in [6.07, 6.45) is 0. The summed E-state index contributed by atoms with van der Waals surface area (Å²) in [6.45, 7) is 0. The Morgan fingerprint density at radius 1 is 0.947 bits per heavy atom. The van der Waals surface area contributed by atoms with E-state index >= 15 is 0 Å². The second-order valence-corrected chi connectivity index (χ2v) is 3.54. The Morgan fingerprint density at radius 3 is 1.74 bits per heavy atom. The number of carbonyl (C=O) groups is 1. The molecule has 2 aromatic rings. The van der Waals surface area contributed by atoms with Gasteiger partial charge in [0, 0.05) is 27.7 Å². The van der Waals surface area contributed by atoms with E-state index in [9.17, 15) is 4.79 Å². The number of hydrazine groups is 1. The molecule has 0 unspecified atom stereocenters. The topological polar surface area (TPSA) is 68.5 Å². The molecular formula is C13H12HgN4O. The third-order valence-corrected chi connectivity index (χ3v) is 2.34. The molecule has 0 aromatic heterocycles. The van der Waals surface area contributed by atoms with E-state index in [0.29, 0.717) is 0 Å². The molecule has 2 aromatic carbocycles. The van der Waals surface area contributed by atoms with Crippen molar-refractivity contribution in [2.75, 3.05) is 5.01 Å².